The maximum atomic E-state index is 12.9. The second-order valence-corrected chi connectivity index (χ2v) is 9.34. The summed E-state index contributed by atoms with van der Waals surface area (Å²) in [4.78, 5) is 22.0. The van der Waals surface area contributed by atoms with Gasteiger partial charge in [-0.2, -0.15) is 10.2 Å². The van der Waals surface area contributed by atoms with E-state index in [0.29, 0.717) is 22.9 Å². The average Bonchev–Trinajstić information content (AvgIpc) is 3.27. The number of aromatic nitrogens is 1. The number of nitrogens with zero attached hydrogens (tertiary/aromatic N) is 3. The second kappa shape index (κ2) is 9.63. The molecule has 34 heavy (non-hydrogen) atoms. The van der Waals surface area contributed by atoms with Crippen LogP contribution in [0.5, 0.6) is 0 Å². The fourth-order valence-corrected chi connectivity index (χ4v) is 3.82. The lowest BCUT2D eigenvalue weighted by Gasteiger charge is -2.24. The van der Waals surface area contributed by atoms with Crippen molar-refractivity contribution in [2.75, 3.05) is 5.32 Å². The van der Waals surface area contributed by atoms with E-state index in [1.807, 2.05) is 57.3 Å². The predicted octanol–water partition coefficient (Wildman–Crippen LogP) is 1.49. The van der Waals surface area contributed by atoms with Gasteiger partial charge in [0.15, 0.2) is 6.29 Å². The summed E-state index contributed by atoms with van der Waals surface area (Å²) >= 11 is 0. The molecule has 1 aromatic carbocycles. The van der Waals surface area contributed by atoms with Crippen LogP contribution in [0.1, 0.15) is 44.5 Å². The van der Waals surface area contributed by atoms with Crippen molar-refractivity contribution in [2.45, 2.75) is 58.5 Å². The van der Waals surface area contributed by atoms with E-state index < -0.39 is 11.7 Å². The zero-order valence-electron chi connectivity index (χ0n) is 19.9. The largest absolute Gasteiger partial charge is 0.350 e. The summed E-state index contributed by atoms with van der Waals surface area (Å²) in [6, 6.07) is 14.1. The third-order valence-corrected chi connectivity index (χ3v) is 5.72. The van der Waals surface area contributed by atoms with Gasteiger partial charge in [0.25, 0.3) is 5.91 Å². The summed E-state index contributed by atoms with van der Waals surface area (Å²) < 4.78 is 0. The van der Waals surface area contributed by atoms with Crippen molar-refractivity contribution < 1.29 is 10.1 Å². The van der Waals surface area contributed by atoms with Crippen molar-refractivity contribution in [3.63, 3.8) is 0 Å². The molecule has 0 saturated carbocycles. The van der Waals surface area contributed by atoms with E-state index in [0.717, 1.165) is 18.8 Å². The lowest BCUT2D eigenvalue weighted by atomic mass is 9.91. The zero-order chi connectivity index (χ0) is 24.3. The quantitative estimate of drug-likeness (QED) is 0.426. The molecule has 0 aliphatic carbocycles. The van der Waals surface area contributed by atoms with Gasteiger partial charge in [0.2, 0.25) is 11.6 Å². The van der Waals surface area contributed by atoms with E-state index in [2.05, 4.69) is 49.4 Å². The second-order valence-electron chi connectivity index (χ2n) is 9.34. The minimum atomic E-state index is -0.718. The maximum Gasteiger partial charge on any atom is 0.260 e. The molecule has 0 spiro atoms. The van der Waals surface area contributed by atoms with Gasteiger partial charge < -0.3 is 21.3 Å². The number of carbonyl (C=O) groups is 1. The molecule has 0 fully saturated rings. The fourth-order valence-electron chi connectivity index (χ4n) is 3.82. The van der Waals surface area contributed by atoms with Crippen LogP contribution in [0.3, 0.4) is 0 Å². The number of benzene rings is 1. The molecule has 9 heteroatoms. The SMILES string of the molecule is CC(C)NC(=O)C1=C([NH2+]c2cccc(C(C)(C)C#N)n2)NC(Nc2ccc3c(c2)CNC3)N=C1. The molecule has 1 unspecified atom stereocenters. The van der Waals surface area contributed by atoms with Crippen molar-refractivity contribution in [2.24, 2.45) is 4.99 Å². The number of nitriles is 1. The number of rotatable bonds is 7. The Labute approximate surface area is 199 Å². The van der Waals surface area contributed by atoms with Gasteiger partial charge >= 0.3 is 0 Å². The van der Waals surface area contributed by atoms with E-state index in [4.69, 9.17) is 0 Å². The molecule has 0 saturated heterocycles. The molecule has 1 amide bonds. The van der Waals surface area contributed by atoms with Crippen LogP contribution < -0.4 is 26.6 Å². The molecule has 0 bridgehead atoms. The minimum absolute atomic E-state index is 0.0107. The number of quaternary nitrogens is 1. The van der Waals surface area contributed by atoms with Gasteiger partial charge in [0.1, 0.15) is 5.57 Å². The molecule has 1 aromatic heterocycles. The Hall–Kier alpha value is -3.74. The Balaban J connectivity index is 1.58. The van der Waals surface area contributed by atoms with E-state index >= 15 is 0 Å². The van der Waals surface area contributed by atoms with Crippen molar-refractivity contribution in [3.05, 3.63) is 64.6 Å². The van der Waals surface area contributed by atoms with Crippen LogP contribution in [0.2, 0.25) is 0 Å². The highest BCUT2D eigenvalue weighted by Gasteiger charge is 2.27. The third-order valence-electron chi connectivity index (χ3n) is 5.72. The average molecular weight is 460 g/mol. The molecular formula is C25H31N8O+. The predicted molar refractivity (Wildman–Crippen MR) is 131 cm³/mol. The van der Waals surface area contributed by atoms with Crippen LogP contribution in [0.25, 0.3) is 0 Å². The van der Waals surface area contributed by atoms with Crippen LogP contribution >= 0.6 is 0 Å². The molecule has 9 nitrogen and oxygen atoms in total. The smallest absolute Gasteiger partial charge is 0.260 e. The summed E-state index contributed by atoms with van der Waals surface area (Å²) in [6.45, 7) is 9.23. The van der Waals surface area contributed by atoms with Crippen molar-refractivity contribution in [1.82, 2.24) is 20.9 Å². The lowest BCUT2D eigenvalue weighted by molar-refractivity contribution is -0.529. The molecule has 1 atom stereocenters. The number of nitrogens with two attached hydrogens (primary N) is 1. The first-order chi connectivity index (χ1) is 16.2. The third kappa shape index (κ3) is 5.25. The van der Waals surface area contributed by atoms with E-state index in [1.54, 1.807) is 6.21 Å². The number of anilines is 1. The number of fused-ring (bicyclic) bond motifs is 1. The number of nitrogens with one attached hydrogen (secondary N) is 4. The summed E-state index contributed by atoms with van der Waals surface area (Å²) in [7, 11) is 0. The number of hydrogen-bond acceptors (Lipinski definition) is 7. The topological polar surface area (TPSA) is 131 Å². The Kier molecular flexibility index (Phi) is 6.63. The van der Waals surface area contributed by atoms with Crippen molar-refractivity contribution >= 4 is 23.6 Å². The Morgan fingerprint density at radius 1 is 1.24 bits per heavy atom. The number of pyridine rings is 1. The number of hydrogen-bond donors (Lipinski definition) is 5. The number of amides is 1. The van der Waals surface area contributed by atoms with Crippen LogP contribution in [0, 0.1) is 11.3 Å². The highest BCUT2D eigenvalue weighted by Crippen LogP contribution is 2.22. The van der Waals surface area contributed by atoms with Crippen LogP contribution in [-0.2, 0) is 23.3 Å². The highest BCUT2D eigenvalue weighted by molar-refractivity contribution is 6.13. The normalized spacial score (nSPS) is 17.2. The molecule has 2 aromatic rings. The number of carbonyl (C=O) groups excluding carboxylic acids is 1. The first-order valence-electron chi connectivity index (χ1n) is 11.4. The summed E-state index contributed by atoms with van der Waals surface area (Å²) in [6.07, 6.45) is 1.14. The fraction of sp³-hybridized carbons (Fsp3) is 0.360. The molecule has 3 heterocycles. The van der Waals surface area contributed by atoms with Crippen LogP contribution in [0.4, 0.5) is 11.5 Å². The maximum absolute atomic E-state index is 12.9. The van der Waals surface area contributed by atoms with E-state index in [-0.39, 0.29) is 11.9 Å². The van der Waals surface area contributed by atoms with Gasteiger partial charge in [-0.15, -0.1) is 0 Å². The standard InChI is InChI=1S/C25H30N8O/c1-15(2)29-23(34)19-13-28-24(30-18-9-8-16-11-27-12-17(16)10-18)33-22(19)32-21-7-5-6-20(31-21)25(3,4)14-26/h5-10,13,15,24,27,30,33H,11-12H2,1-4H3,(H,29,34)(H,31,32)/p+1. The molecule has 6 N–H and O–H groups in total. The van der Waals surface area contributed by atoms with Gasteiger partial charge in [0, 0.05) is 37.1 Å². The van der Waals surface area contributed by atoms with Crippen molar-refractivity contribution in [1.29, 1.82) is 5.26 Å². The van der Waals surface area contributed by atoms with Gasteiger partial charge in [-0.25, -0.2) is 10.3 Å². The van der Waals surface area contributed by atoms with Crippen LogP contribution in [0.15, 0.2) is 52.8 Å². The van der Waals surface area contributed by atoms with E-state index in [1.165, 1.54) is 11.1 Å². The zero-order valence-corrected chi connectivity index (χ0v) is 19.9. The monoisotopic (exact) mass is 459 g/mol. The van der Waals surface area contributed by atoms with Gasteiger partial charge in [0.05, 0.1) is 17.2 Å². The van der Waals surface area contributed by atoms with Crippen LogP contribution in [-0.4, -0.2) is 29.4 Å². The molecule has 2 aliphatic rings. The summed E-state index contributed by atoms with van der Waals surface area (Å²) in [5, 5.41) is 24.3. The van der Waals surface area contributed by atoms with Crippen molar-refractivity contribution in [3.8, 4) is 6.07 Å². The number of aliphatic imine (C=N–C) groups is 1. The van der Waals surface area contributed by atoms with Gasteiger partial charge in [-0.05, 0) is 57.0 Å². The summed E-state index contributed by atoms with van der Waals surface area (Å²) in [5.74, 6) is 1.04. The Morgan fingerprint density at radius 3 is 2.79 bits per heavy atom. The molecule has 0 radical (unpaired) electrons. The van der Waals surface area contributed by atoms with Gasteiger partial charge in [-0.3, -0.25) is 4.79 Å². The van der Waals surface area contributed by atoms with Gasteiger partial charge in [-0.1, -0.05) is 12.1 Å². The first-order valence-corrected chi connectivity index (χ1v) is 11.4. The Morgan fingerprint density at radius 2 is 2.03 bits per heavy atom. The molecule has 2 aliphatic heterocycles. The lowest BCUT2D eigenvalue weighted by Crippen LogP contribution is -2.81. The molecule has 4 rings (SSSR count). The molecular weight excluding hydrogens is 428 g/mol. The Bertz CT molecular complexity index is 1190. The molecule has 176 valence electrons. The first kappa shape index (κ1) is 23.4. The highest BCUT2D eigenvalue weighted by atomic mass is 16.1. The summed E-state index contributed by atoms with van der Waals surface area (Å²) in [5.41, 5.74) is 3.90. The van der Waals surface area contributed by atoms with E-state index in [9.17, 15) is 10.1 Å². The minimum Gasteiger partial charge on any atom is -0.350 e.